The average Bonchev–Trinajstić information content (AvgIpc) is 2.74. The summed E-state index contributed by atoms with van der Waals surface area (Å²) in [4.78, 5) is 32.8. The summed E-state index contributed by atoms with van der Waals surface area (Å²) in [7, 11) is 0. The van der Waals surface area contributed by atoms with E-state index >= 15 is 0 Å². The first-order valence-corrected chi connectivity index (χ1v) is 12.2. The van der Waals surface area contributed by atoms with Crippen molar-refractivity contribution >= 4 is 55.5 Å². The zero-order chi connectivity index (χ0) is 25.1. The van der Waals surface area contributed by atoms with Gasteiger partial charge in [0.15, 0.2) is 5.78 Å². The number of nitrogens with one attached hydrogen (secondary N) is 2. The largest absolute Gasteiger partial charge is 0.355 e. The molecule has 0 radical (unpaired) electrons. The number of carbonyl (C=O) groups excluding carboxylic acids is 3. The van der Waals surface area contributed by atoms with Gasteiger partial charge in [-0.15, -0.1) is 0 Å². The molecular weight excluding hydrogens is 454 g/mol. The molecule has 0 rings (SSSR count). The summed E-state index contributed by atoms with van der Waals surface area (Å²) in [6.45, 7) is 12.6. The Labute approximate surface area is 205 Å². The van der Waals surface area contributed by atoms with Crippen LogP contribution in [0.1, 0.15) is 41.5 Å². The molecule has 0 aromatic rings. The van der Waals surface area contributed by atoms with E-state index < -0.39 is 0 Å². The van der Waals surface area contributed by atoms with Gasteiger partial charge in [-0.05, 0) is 0 Å². The lowest BCUT2D eigenvalue weighted by Gasteiger charge is -2.11. The highest BCUT2D eigenvalue weighted by Gasteiger charge is 2.14. The highest BCUT2D eigenvalue weighted by Crippen LogP contribution is 1.98. The van der Waals surface area contributed by atoms with Crippen LogP contribution in [0.25, 0.3) is 0 Å². The lowest BCUT2D eigenvalue weighted by Crippen LogP contribution is -2.39. The zero-order valence-electron chi connectivity index (χ0n) is 19.8. The van der Waals surface area contributed by atoms with Gasteiger partial charge in [0.1, 0.15) is 0 Å². The number of rotatable bonds is 11. The number of hydrogen-bond donors (Lipinski definition) is 8. The number of carbonyl (C=O) groups is 3. The van der Waals surface area contributed by atoms with Crippen molar-refractivity contribution in [3.8, 4) is 0 Å². The third kappa shape index (κ3) is 22.5. The molecule has 0 bridgehead atoms. The van der Waals surface area contributed by atoms with Crippen LogP contribution in [0.3, 0.4) is 0 Å². The van der Waals surface area contributed by atoms with E-state index in [1.54, 1.807) is 0 Å². The first-order valence-electron chi connectivity index (χ1n) is 10.4. The Bertz CT molecular complexity index is 465. The summed E-state index contributed by atoms with van der Waals surface area (Å²) < 4.78 is 0. The molecule has 0 aromatic heterocycles. The van der Waals surface area contributed by atoms with E-state index in [0.717, 1.165) is 0 Å². The van der Waals surface area contributed by atoms with Crippen LogP contribution in [0, 0.1) is 17.8 Å². The van der Waals surface area contributed by atoms with Gasteiger partial charge in [0, 0.05) is 60.2 Å². The molecule has 0 saturated carbocycles. The van der Waals surface area contributed by atoms with Gasteiger partial charge < -0.3 is 27.8 Å². The topological polar surface area (TPSA) is 153 Å². The fraction of sp³-hybridized carbons (Fsp3) is 0.850. The predicted octanol–water partition coefficient (Wildman–Crippen LogP) is 0.500. The van der Waals surface area contributed by atoms with Crippen molar-refractivity contribution in [2.75, 3.05) is 31.1 Å². The molecule has 2 amide bonds. The molecule has 0 spiro atoms. The van der Waals surface area contributed by atoms with Gasteiger partial charge >= 0.3 is 0 Å². The lowest BCUT2D eigenvalue weighted by atomic mass is 10.0. The van der Waals surface area contributed by atoms with Gasteiger partial charge in [0.25, 0.3) is 0 Å². The second-order valence-corrected chi connectivity index (χ2v) is 9.44. The summed E-state index contributed by atoms with van der Waals surface area (Å²) in [5.41, 5.74) is 16.2. The standard InChI is InChI=1S/2C7H16N2OS.C6H13NOS/c1-5(2)7(10)9-3-6(8)4-11;1-5(2)7(10)9-4-6(11)3-8;1-4(2)6(8)5(7)3-9/h2*5-6,11H,3-4,8H2,1-2H3,(H,9,10);4-5,9H,3,7H2,1-2H3. The first-order chi connectivity index (χ1) is 14.2. The Balaban J connectivity index is -0.000000382. The van der Waals surface area contributed by atoms with Crippen molar-refractivity contribution < 1.29 is 14.4 Å². The summed E-state index contributed by atoms with van der Waals surface area (Å²) in [6.07, 6.45) is 0. The Morgan fingerprint density at radius 2 is 1.19 bits per heavy atom. The molecular formula is C20H45N5O3S3. The Morgan fingerprint density at radius 1 is 0.774 bits per heavy atom. The minimum absolute atomic E-state index is 0.0297. The fourth-order valence-corrected chi connectivity index (χ4v) is 1.92. The highest BCUT2D eigenvalue weighted by atomic mass is 32.1. The smallest absolute Gasteiger partial charge is 0.222 e. The third-order valence-electron chi connectivity index (χ3n) is 3.74. The van der Waals surface area contributed by atoms with Gasteiger partial charge in [0.05, 0.1) is 6.04 Å². The van der Waals surface area contributed by atoms with E-state index in [9.17, 15) is 14.4 Å². The fourth-order valence-electron chi connectivity index (χ4n) is 1.52. The van der Waals surface area contributed by atoms with Crippen LogP contribution in [0.4, 0.5) is 0 Å². The van der Waals surface area contributed by atoms with Crippen molar-refractivity contribution in [1.29, 1.82) is 0 Å². The number of ketones is 1. The van der Waals surface area contributed by atoms with Crippen molar-refractivity contribution in [1.82, 2.24) is 10.6 Å². The van der Waals surface area contributed by atoms with Crippen LogP contribution in [-0.4, -0.2) is 66.1 Å². The highest BCUT2D eigenvalue weighted by molar-refractivity contribution is 7.81. The molecule has 0 fully saturated rings. The Morgan fingerprint density at radius 3 is 1.45 bits per heavy atom. The second kappa shape index (κ2) is 21.4. The average molecular weight is 500 g/mol. The molecule has 186 valence electrons. The molecule has 0 aliphatic heterocycles. The van der Waals surface area contributed by atoms with Crippen LogP contribution in [0.5, 0.6) is 0 Å². The second-order valence-electron chi connectivity index (χ2n) is 7.98. The van der Waals surface area contributed by atoms with Crippen LogP contribution >= 0.6 is 37.9 Å². The number of thiol groups is 3. The Hall–Kier alpha value is -0.460. The van der Waals surface area contributed by atoms with E-state index in [2.05, 4.69) is 48.5 Å². The van der Waals surface area contributed by atoms with Crippen molar-refractivity contribution in [3.05, 3.63) is 0 Å². The Kier molecular flexibility index (Phi) is 24.2. The molecule has 3 unspecified atom stereocenters. The molecule has 0 saturated heterocycles. The maximum absolute atomic E-state index is 11.0. The summed E-state index contributed by atoms with van der Waals surface area (Å²) in [5, 5.41) is 5.52. The molecule has 8 nitrogen and oxygen atoms in total. The van der Waals surface area contributed by atoms with Crippen LogP contribution in [0.2, 0.25) is 0 Å². The molecule has 0 aliphatic rings. The van der Waals surface area contributed by atoms with Gasteiger partial charge in [-0.25, -0.2) is 0 Å². The minimum atomic E-state index is -0.381. The van der Waals surface area contributed by atoms with Crippen molar-refractivity contribution in [2.45, 2.75) is 58.9 Å². The predicted molar refractivity (Wildman–Crippen MR) is 141 cm³/mol. The van der Waals surface area contributed by atoms with Crippen molar-refractivity contribution in [3.63, 3.8) is 0 Å². The van der Waals surface area contributed by atoms with E-state index in [1.807, 2.05) is 41.5 Å². The number of nitrogens with two attached hydrogens (primary N) is 3. The van der Waals surface area contributed by atoms with E-state index in [1.165, 1.54) is 0 Å². The van der Waals surface area contributed by atoms with Gasteiger partial charge in [-0.1, -0.05) is 41.5 Å². The molecule has 11 heteroatoms. The number of hydrogen-bond acceptors (Lipinski definition) is 9. The van der Waals surface area contributed by atoms with Gasteiger partial charge in [-0.2, -0.15) is 37.9 Å². The maximum Gasteiger partial charge on any atom is 0.222 e. The van der Waals surface area contributed by atoms with E-state index in [4.69, 9.17) is 17.2 Å². The number of amides is 2. The molecule has 0 heterocycles. The minimum Gasteiger partial charge on any atom is -0.355 e. The maximum atomic E-state index is 11.0. The third-order valence-corrected chi connectivity index (χ3v) is 4.99. The quantitative estimate of drug-likeness (QED) is 0.194. The molecule has 31 heavy (non-hydrogen) atoms. The van der Waals surface area contributed by atoms with Crippen LogP contribution in [0.15, 0.2) is 0 Å². The summed E-state index contributed by atoms with van der Waals surface area (Å²) in [5.74, 6) is 1.32. The molecule has 8 N–H and O–H groups in total. The first kappa shape index (κ1) is 35.1. The normalized spacial score (nSPS) is 13.4. The molecule has 0 aliphatic carbocycles. The van der Waals surface area contributed by atoms with E-state index in [0.29, 0.717) is 31.1 Å². The SMILES string of the molecule is CC(C)C(=O)C(N)CS.CC(C)C(=O)NCC(N)CS.CC(C)C(=O)NCC(S)CN. The molecule has 0 aromatic carbocycles. The summed E-state index contributed by atoms with van der Waals surface area (Å²) >= 11 is 12.0. The van der Waals surface area contributed by atoms with E-state index in [-0.39, 0.29) is 52.7 Å². The van der Waals surface area contributed by atoms with Crippen LogP contribution in [-0.2, 0) is 14.4 Å². The van der Waals surface area contributed by atoms with Gasteiger partial charge in [0.2, 0.25) is 11.8 Å². The van der Waals surface area contributed by atoms with Crippen LogP contribution < -0.4 is 27.8 Å². The summed E-state index contributed by atoms with van der Waals surface area (Å²) in [6, 6.07) is -0.422. The lowest BCUT2D eigenvalue weighted by molar-refractivity contribution is -0.124. The van der Waals surface area contributed by atoms with Gasteiger partial charge in [-0.3, -0.25) is 14.4 Å². The monoisotopic (exact) mass is 499 g/mol. The van der Waals surface area contributed by atoms with Crippen molar-refractivity contribution in [2.24, 2.45) is 35.0 Å². The molecule has 3 atom stereocenters. The zero-order valence-corrected chi connectivity index (χ0v) is 22.5. The number of Topliss-reactive ketones (excluding diaryl/α,β-unsaturated/α-hetero) is 1.